The van der Waals surface area contributed by atoms with Crippen molar-refractivity contribution in [2.45, 2.75) is 25.7 Å². The topological polar surface area (TPSA) is 83.8 Å². The molecule has 2 aromatic rings. The summed E-state index contributed by atoms with van der Waals surface area (Å²) in [5.41, 5.74) is 1.71. The molecule has 0 unspecified atom stereocenters. The number of aliphatic carboxylic acids is 2. The van der Waals surface area contributed by atoms with E-state index in [0.717, 1.165) is 11.1 Å². The number of hydrogen-bond acceptors (Lipinski definition) is 3. The third-order valence-electron chi connectivity index (χ3n) is 4.57. The second kappa shape index (κ2) is 9.97. The molecule has 0 amide bonds. The number of halogens is 1. The molecule has 27 heavy (non-hydrogen) atoms. The van der Waals surface area contributed by atoms with Crippen LogP contribution in [0.15, 0.2) is 48.5 Å². The molecule has 0 bridgehead atoms. The average Bonchev–Trinajstić information content (AvgIpc) is 2.64. The van der Waals surface area contributed by atoms with Crippen molar-refractivity contribution in [3.63, 3.8) is 0 Å². The second-order valence-corrected chi connectivity index (χ2v) is 6.97. The van der Waals surface area contributed by atoms with E-state index < -0.39 is 23.8 Å². The quantitative estimate of drug-likeness (QED) is 0.631. The van der Waals surface area contributed by atoms with Gasteiger partial charge in [0.2, 0.25) is 0 Å². The number of carbonyl (C=O) groups is 2. The molecule has 0 radical (unpaired) electrons. The van der Waals surface area contributed by atoms with Crippen LogP contribution in [0.4, 0.5) is 0 Å². The van der Waals surface area contributed by atoms with Crippen LogP contribution < -0.4 is 4.74 Å². The lowest BCUT2D eigenvalue weighted by molar-refractivity contribution is -0.145. The van der Waals surface area contributed by atoms with Crippen LogP contribution in [0.3, 0.4) is 0 Å². The molecule has 2 atom stereocenters. The standard InChI is InChI=1S/C21H23ClO5/c1-27-19-9-5-14(6-10-19)11-16(20(23)24)7-8-17(21(25)26)12-15-3-2-4-18(22)13-15/h2-6,9-10,13,16-17H,7-8,11-12H2,1H3,(H,23,24)(H,25,26)/t16-,17-/m1/s1. The lowest BCUT2D eigenvalue weighted by Gasteiger charge is -2.17. The lowest BCUT2D eigenvalue weighted by Crippen LogP contribution is -2.22. The summed E-state index contributed by atoms with van der Waals surface area (Å²) < 4.78 is 5.10. The van der Waals surface area contributed by atoms with Crippen molar-refractivity contribution < 1.29 is 24.5 Å². The molecule has 0 saturated carbocycles. The van der Waals surface area contributed by atoms with E-state index in [9.17, 15) is 19.8 Å². The Morgan fingerprint density at radius 3 is 1.96 bits per heavy atom. The Morgan fingerprint density at radius 2 is 1.48 bits per heavy atom. The molecule has 2 N–H and O–H groups in total. The van der Waals surface area contributed by atoms with Crippen molar-refractivity contribution in [2.24, 2.45) is 11.8 Å². The van der Waals surface area contributed by atoms with Gasteiger partial charge in [-0.1, -0.05) is 35.9 Å². The van der Waals surface area contributed by atoms with E-state index in [1.807, 2.05) is 18.2 Å². The Balaban J connectivity index is 2.00. The minimum atomic E-state index is -0.927. The number of rotatable bonds is 10. The van der Waals surface area contributed by atoms with Crippen LogP contribution in [0.2, 0.25) is 5.02 Å². The van der Waals surface area contributed by atoms with Gasteiger partial charge >= 0.3 is 11.9 Å². The molecule has 0 spiro atoms. The molecule has 0 aliphatic heterocycles. The van der Waals surface area contributed by atoms with Gasteiger partial charge in [0.05, 0.1) is 18.9 Å². The monoisotopic (exact) mass is 390 g/mol. The van der Waals surface area contributed by atoms with Gasteiger partial charge in [0, 0.05) is 5.02 Å². The number of carboxylic acid groups (broad SMARTS) is 2. The van der Waals surface area contributed by atoms with Gasteiger partial charge in [0.1, 0.15) is 5.75 Å². The third-order valence-corrected chi connectivity index (χ3v) is 4.81. The third kappa shape index (κ3) is 6.61. The Bertz CT molecular complexity index is 772. The van der Waals surface area contributed by atoms with Crippen molar-refractivity contribution >= 4 is 23.5 Å². The predicted molar refractivity (Wildman–Crippen MR) is 103 cm³/mol. The van der Waals surface area contributed by atoms with E-state index in [-0.39, 0.29) is 6.42 Å². The number of ether oxygens (including phenoxy) is 1. The zero-order valence-corrected chi connectivity index (χ0v) is 15.9. The highest BCUT2D eigenvalue weighted by molar-refractivity contribution is 6.30. The normalized spacial score (nSPS) is 13.0. The highest BCUT2D eigenvalue weighted by Gasteiger charge is 2.24. The van der Waals surface area contributed by atoms with Crippen LogP contribution >= 0.6 is 11.6 Å². The van der Waals surface area contributed by atoms with Gasteiger partial charge in [0.25, 0.3) is 0 Å². The predicted octanol–water partition coefficient (Wildman–Crippen LogP) is 4.32. The summed E-state index contributed by atoms with van der Waals surface area (Å²) >= 11 is 5.95. The Kier molecular flexibility index (Phi) is 7.67. The molecule has 0 fully saturated rings. The molecule has 0 aliphatic carbocycles. The highest BCUT2D eigenvalue weighted by atomic mass is 35.5. The minimum absolute atomic E-state index is 0.287. The maximum absolute atomic E-state index is 11.6. The van der Waals surface area contributed by atoms with E-state index in [1.165, 1.54) is 0 Å². The van der Waals surface area contributed by atoms with Gasteiger partial charge in [-0.25, -0.2) is 0 Å². The molecule has 5 nitrogen and oxygen atoms in total. The number of benzene rings is 2. The van der Waals surface area contributed by atoms with Crippen LogP contribution in [0.25, 0.3) is 0 Å². The lowest BCUT2D eigenvalue weighted by atomic mass is 9.88. The summed E-state index contributed by atoms with van der Waals surface area (Å²) in [6, 6.07) is 14.3. The molecule has 2 rings (SSSR count). The summed E-state index contributed by atoms with van der Waals surface area (Å²) in [6.45, 7) is 0. The van der Waals surface area contributed by atoms with E-state index in [2.05, 4.69) is 0 Å². The summed E-state index contributed by atoms with van der Waals surface area (Å²) in [5.74, 6) is -2.43. The summed E-state index contributed by atoms with van der Waals surface area (Å²) in [5, 5.41) is 19.6. The molecule has 0 heterocycles. The van der Waals surface area contributed by atoms with E-state index in [0.29, 0.717) is 30.0 Å². The fourth-order valence-corrected chi connectivity index (χ4v) is 3.24. The SMILES string of the molecule is COc1ccc(C[C@@H](CC[C@H](Cc2cccc(Cl)c2)C(=O)O)C(=O)O)cc1. The largest absolute Gasteiger partial charge is 0.497 e. The number of methoxy groups -OCH3 is 1. The van der Waals surface area contributed by atoms with Gasteiger partial charge in [-0.15, -0.1) is 0 Å². The number of carboxylic acids is 2. The second-order valence-electron chi connectivity index (χ2n) is 6.53. The molecule has 144 valence electrons. The number of hydrogen-bond donors (Lipinski definition) is 2. The molecular formula is C21H23ClO5. The minimum Gasteiger partial charge on any atom is -0.497 e. The zero-order chi connectivity index (χ0) is 19.8. The van der Waals surface area contributed by atoms with Crippen molar-refractivity contribution in [1.29, 1.82) is 0 Å². The first kappa shape index (κ1) is 20.8. The van der Waals surface area contributed by atoms with Crippen molar-refractivity contribution in [1.82, 2.24) is 0 Å². The first-order valence-electron chi connectivity index (χ1n) is 8.72. The van der Waals surface area contributed by atoms with Crippen molar-refractivity contribution in [3.05, 3.63) is 64.7 Å². The fourth-order valence-electron chi connectivity index (χ4n) is 3.02. The van der Waals surface area contributed by atoms with E-state index >= 15 is 0 Å². The fraction of sp³-hybridized carbons (Fsp3) is 0.333. The summed E-state index contributed by atoms with van der Waals surface area (Å²) in [4.78, 5) is 23.2. The first-order chi connectivity index (χ1) is 12.9. The molecule has 6 heteroatoms. The summed E-state index contributed by atoms with van der Waals surface area (Å²) in [7, 11) is 1.57. The molecular weight excluding hydrogens is 368 g/mol. The Morgan fingerprint density at radius 1 is 0.926 bits per heavy atom. The summed E-state index contributed by atoms with van der Waals surface area (Å²) in [6.07, 6.45) is 1.25. The average molecular weight is 391 g/mol. The first-order valence-corrected chi connectivity index (χ1v) is 9.09. The van der Waals surface area contributed by atoms with Gasteiger partial charge < -0.3 is 14.9 Å². The van der Waals surface area contributed by atoms with Crippen LogP contribution in [0, 0.1) is 11.8 Å². The zero-order valence-electron chi connectivity index (χ0n) is 15.1. The van der Waals surface area contributed by atoms with Gasteiger partial charge in [-0.2, -0.15) is 0 Å². The Hall–Kier alpha value is -2.53. The van der Waals surface area contributed by atoms with Crippen LogP contribution in [-0.2, 0) is 22.4 Å². The Labute approximate surface area is 163 Å². The van der Waals surface area contributed by atoms with Crippen LogP contribution in [0.5, 0.6) is 5.75 Å². The molecule has 0 aliphatic rings. The maximum atomic E-state index is 11.6. The van der Waals surface area contributed by atoms with E-state index in [4.69, 9.17) is 16.3 Å². The van der Waals surface area contributed by atoms with Gasteiger partial charge in [0.15, 0.2) is 0 Å². The molecule has 0 aromatic heterocycles. The van der Waals surface area contributed by atoms with Gasteiger partial charge in [-0.3, -0.25) is 9.59 Å². The van der Waals surface area contributed by atoms with Gasteiger partial charge in [-0.05, 0) is 61.1 Å². The van der Waals surface area contributed by atoms with Crippen LogP contribution in [0.1, 0.15) is 24.0 Å². The smallest absolute Gasteiger partial charge is 0.306 e. The van der Waals surface area contributed by atoms with Crippen molar-refractivity contribution in [2.75, 3.05) is 7.11 Å². The van der Waals surface area contributed by atoms with Crippen molar-refractivity contribution in [3.8, 4) is 5.75 Å². The molecule has 0 saturated heterocycles. The maximum Gasteiger partial charge on any atom is 0.306 e. The van der Waals surface area contributed by atoms with E-state index in [1.54, 1.807) is 37.4 Å². The highest BCUT2D eigenvalue weighted by Crippen LogP contribution is 2.23. The molecule has 2 aromatic carbocycles. The van der Waals surface area contributed by atoms with Crippen LogP contribution in [-0.4, -0.2) is 29.3 Å².